The molecule has 0 saturated heterocycles. The van der Waals surface area contributed by atoms with Crippen LogP contribution in [0.25, 0.3) is 0 Å². The van der Waals surface area contributed by atoms with Crippen molar-refractivity contribution in [2.45, 2.75) is 26.9 Å². The molecule has 0 saturated carbocycles. The van der Waals surface area contributed by atoms with Crippen LogP contribution in [0.3, 0.4) is 0 Å². The summed E-state index contributed by atoms with van der Waals surface area (Å²) in [7, 11) is 0. The van der Waals surface area contributed by atoms with E-state index in [9.17, 15) is 4.79 Å². The molecule has 0 bridgehead atoms. The van der Waals surface area contributed by atoms with E-state index in [-0.39, 0.29) is 5.91 Å². The Balaban J connectivity index is 2.16. The monoisotopic (exact) mass is 263 g/mol. The fourth-order valence-electron chi connectivity index (χ4n) is 2.24. The number of likely N-dealkylation sites (N-methyl/N-ethyl adjacent to an activating group) is 1. The first-order chi connectivity index (χ1) is 9.17. The van der Waals surface area contributed by atoms with Gasteiger partial charge in [-0.2, -0.15) is 0 Å². The third-order valence-corrected chi connectivity index (χ3v) is 3.46. The zero-order valence-electron chi connectivity index (χ0n) is 11.8. The van der Waals surface area contributed by atoms with Gasteiger partial charge in [-0.15, -0.1) is 0 Å². The minimum atomic E-state index is -0.437. The molecule has 0 radical (unpaired) electrons. The van der Waals surface area contributed by atoms with Gasteiger partial charge in [-0.1, -0.05) is 13.8 Å². The van der Waals surface area contributed by atoms with Gasteiger partial charge in [0.15, 0.2) is 17.7 Å². The number of amides is 1. The van der Waals surface area contributed by atoms with Crippen LogP contribution >= 0.6 is 0 Å². The van der Waals surface area contributed by atoms with E-state index in [0.717, 1.165) is 19.6 Å². The van der Waals surface area contributed by atoms with Crippen LogP contribution in [-0.4, -0.2) is 48.1 Å². The summed E-state index contributed by atoms with van der Waals surface area (Å²) in [5.41, 5.74) is 0. The quantitative estimate of drug-likeness (QED) is 0.808. The molecule has 1 atom stereocenters. The number of hydrogen-bond acceptors (Lipinski definition) is 4. The van der Waals surface area contributed by atoms with E-state index < -0.39 is 6.10 Å². The predicted octanol–water partition coefficient (Wildman–Crippen LogP) is 1.54. The molecule has 0 fully saturated rings. The summed E-state index contributed by atoms with van der Waals surface area (Å²) in [5, 5.41) is 0. The predicted molar refractivity (Wildman–Crippen MR) is 74.5 cm³/mol. The van der Waals surface area contributed by atoms with Gasteiger partial charge in [0, 0.05) is 19.3 Å². The largest absolute Gasteiger partial charge is 0.477 e. The molecule has 1 aromatic heterocycles. The molecule has 0 aliphatic carbocycles. The summed E-state index contributed by atoms with van der Waals surface area (Å²) in [5.74, 6) is 1.31. The Bertz CT molecular complexity index is 446. The molecule has 1 amide bonds. The topological polar surface area (TPSA) is 45.7 Å². The highest BCUT2D eigenvalue weighted by Crippen LogP contribution is 2.31. The smallest absolute Gasteiger partial charge is 0.269 e. The lowest BCUT2D eigenvalue weighted by Crippen LogP contribution is -2.47. The zero-order valence-corrected chi connectivity index (χ0v) is 11.8. The van der Waals surface area contributed by atoms with Crippen molar-refractivity contribution in [1.82, 2.24) is 9.88 Å². The van der Waals surface area contributed by atoms with Crippen LogP contribution in [0, 0.1) is 0 Å². The van der Waals surface area contributed by atoms with E-state index in [1.807, 2.05) is 12.1 Å². The van der Waals surface area contributed by atoms with Gasteiger partial charge in [-0.05, 0) is 32.1 Å². The number of carbonyl (C=O) groups is 1. The minimum Gasteiger partial charge on any atom is -0.477 e. The van der Waals surface area contributed by atoms with Crippen molar-refractivity contribution in [2.24, 2.45) is 0 Å². The molecule has 0 aromatic carbocycles. The second kappa shape index (κ2) is 6.02. The number of nitrogens with zero attached hydrogens (tertiary/aromatic N) is 3. The molecule has 5 heteroatoms. The van der Waals surface area contributed by atoms with Crippen molar-refractivity contribution in [1.29, 1.82) is 0 Å². The molecule has 2 rings (SSSR count). The van der Waals surface area contributed by atoms with Crippen molar-refractivity contribution in [3.63, 3.8) is 0 Å². The van der Waals surface area contributed by atoms with Crippen molar-refractivity contribution in [3.8, 4) is 5.75 Å². The Morgan fingerprint density at radius 1 is 1.42 bits per heavy atom. The Morgan fingerprint density at radius 3 is 2.84 bits per heavy atom. The standard InChI is InChI=1S/C14H21N3O2/c1-4-16(5-2)9-10-17-13-12(7-6-8-15-13)19-11(3)14(17)18/h6-8,11H,4-5,9-10H2,1-3H3. The average molecular weight is 263 g/mol. The molecular weight excluding hydrogens is 242 g/mol. The first kappa shape index (κ1) is 13.8. The second-order valence-corrected chi connectivity index (χ2v) is 4.60. The Morgan fingerprint density at radius 2 is 2.16 bits per heavy atom. The van der Waals surface area contributed by atoms with Crippen LogP contribution in [0.5, 0.6) is 5.75 Å². The number of carbonyl (C=O) groups excluding carboxylic acids is 1. The highest BCUT2D eigenvalue weighted by molar-refractivity contribution is 5.98. The van der Waals surface area contributed by atoms with E-state index >= 15 is 0 Å². The average Bonchev–Trinajstić information content (AvgIpc) is 2.43. The van der Waals surface area contributed by atoms with Gasteiger partial charge in [0.1, 0.15) is 0 Å². The normalized spacial score (nSPS) is 18.4. The molecule has 0 N–H and O–H groups in total. The molecule has 2 heterocycles. The number of aromatic nitrogens is 1. The van der Waals surface area contributed by atoms with Gasteiger partial charge in [0.05, 0.1) is 0 Å². The minimum absolute atomic E-state index is 0.0154. The van der Waals surface area contributed by atoms with E-state index in [1.54, 1.807) is 18.0 Å². The van der Waals surface area contributed by atoms with Crippen LogP contribution in [0.1, 0.15) is 20.8 Å². The number of hydrogen-bond donors (Lipinski definition) is 0. The number of pyridine rings is 1. The number of fused-ring (bicyclic) bond motifs is 1. The maximum Gasteiger partial charge on any atom is 0.269 e. The van der Waals surface area contributed by atoms with Crippen LogP contribution < -0.4 is 9.64 Å². The third kappa shape index (κ3) is 2.87. The molecule has 1 aromatic rings. The summed E-state index contributed by atoms with van der Waals surface area (Å²) in [6.07, 6.45) is 1.25. The van der Waals surface area contributed by atoms with E-state index in [1.165, 1.54) is 0 Å². The molecule has 1 unspecified atom stereocenters. The first-order valence-electron chi connectivity index (χ1n) is 6.82. The number of ether oxygens (including phenoxy) is 1. The lowest BCUT2D eigenvalue weighted by molar-refractivity contribution is -0.125. The van der Waals surface area contributed by atoms with Gasteiger partial charge in [0.2, 0.25) is 0 Å². The summed E-state index contributed by atoms with van der Waals surface area (Å²) < 4.78 is 5.57. The lowest BCUT2D eigenvalue weighted by Gasteiger charge is -2.33. The lowest BCUT2D eigenvalue weighted by atomic mass is 10.2. The summed E-state index contributed by atoms with van der Waals surface area (Å²) in [6.45, 7) is 9.50. The summed E-state index contributed by atoms with van der Waals surface area (Å²) in [4.78, 5) is 20.5. The second-order valence-electron chi connectivity index (χ2n) is 4.60. The van der Waals surface area contributed by atoms with E-state index in [4.69, 9.17) is 4.74 Å². The summed E-state index contributed by atoms with van der Waals surface area (Å²) in [6, 6.07) is 3.68. The molecule has 1 aliphatic heterocycles. The summed E-state index contributed by atoms with van der Waals surface area (Å²) >= 11 is 0. The van der Waals surface area contributed by atoms with Gasteiger partial charge in [-0.25, -0.2) is 4.98 Å². The maximum atomic E-state index is 12.2. The Labute approximate surface area is 114 Å². The van der Waals surface area contributed by atoms with Crippen molar-refractivity contribution in [2.75, 3.05) is 31.1 Å². The van der Waals surface area contributed by atoms with Gasteiger partial charge < -0.3 is 9.64 Å². The fraction of sp³-hybridized carbons (Fsp3) is 0.571. The van der Waals surface area contributed by atoms with Crippen LogP contribution in [0.2, 0.25) is 0 Å². The zero-order chi connectivity index (χ0) is 13.8. The fourth-order valence-corrected chi connectivity index (χ4v) is 2.24. The van der Waals surface area contributed by atoms with Crippen LogP contribution in [-0.2, 0) is 4.79 Å². The SMILES string of the molecule is CCN(CC)CCN1C(=O)C(C)Oc2cccnc21. The van der Waals surface area contributed by atoms with Crippen LogP contribution in [0.15, 0.2) is 18.3 Å². The molecule has 1 aliphatic rings. The van der Waals surface area contributed by atoms with Gasteiger partial charge in [-0.3, -0.25) is 9.69 Å². The molecule has 19 heavy (non-hydrogen) atoms. The van der Waals surface area contributed by atoms with Crippen molar-refractivity contribution in [3.05, 3.63) is 18.3 Å². The van der Waals surface area contributed by atoms with E-state index in [2.05, 4.69) is 23.7 Å². The number of rotatable bonds is 5. The molecule has 5 nitrogen and oxygen atoms in total. The van der Waals surface area contributed by atoms with E-state index in [0.29, 0.717) is 18.1 Å². The van der Waals surface area contributed by atoms with Crippen molar-refractivity contribution >= 4 is 11.7 Å². The number of anilines is 1. The van der Waals surface area contributed by atoms with Gasteiger partial charge >= 0.3 is 0 Å². The molecule has 104 valence electrons. The third-order valence-electron chi connectivity index (χ3n) is 3.46. The maximum absolute atomic E-state index is 12.2. The van der Waals surface area contributed by atoms with Gasteiger partial charge in [0.25, 0.3) is 5.91 Å². The highest BCUT2D eigenvalue weighted by Gasteiger charge is 2.32. The molecule has 0 spiro atoms. The Hall–Kier alpha value is -1.62. The highest BCUT2D eigenvalue weighted by atomic mass is 16.5. The van der Waals surface area contributed by atoms with Crippen molar-refractivity contribution < 1.29 is 9.53 Å². The Kier molecular flexibility index (Phi) is 4.37. The first-order valence-corrected chi connectivity index (χ1v) is 6.82. The van der Waals surface area contributed by atoms with Crippen LogP contribution in [0.4, 0.5) is 5.82 Å². The molecular formula is C14H21N3O2.